The number of carbonyl (C=O) groups is 1. The highest BCUT2D eigenvalue weighted by Gasteiger charge is 2.06. The van der Waals surface area contributed by atoms with E-state index in [0.29, 0.717) is 6.54 Å². The zero-order valence-electron chi connectivity index (χ0n) is 11.9. The van der Waals surface area contributed by atoms with Crippen LogP contribution in [0.3, 0.4) is 0 Å². The predicted molar refractivity (Wildman–Crippen MR) is 79.8 cm³/mol. The maximum Gasteiger partial charge on any atom is 0.319 e. The SMILES string of the molecule is Cc1cccc(C)c1NC(=O)NCCCn1ccnc1. The van der Waals surface area contributed by atoms with Crippen LogP contribution in [-0.2, 0) is 6.54 Å². The molecule has 0 aliphatic carbocycles. The number of anilines is 1. The Labute approximate surface area is 119 Å². The molecule has 106 valence electrons. The molecule has 0 saturated carbocycles. The Kier molecular flexibility index (Phi) is 4.76. The molecule has 5 nitrogen and oxygen atoms in total. The second-order valence-electron chi connectivity index (χ2n) is 4.80. The molecule has 1 aromatic heterocycles. The van der Waals surface area contributed by atoms with E-state index in [1.54, 1.807) is 12.5 Å². The van der Waals surface area contributed by atoms with Crippen molar-refractivity contribution in [2.75, 3.05) is 11.9 Å². The number of para-hydroxylation sites is 1. The monoisotopic (exact) mass is 272 g/mol. The molecule has 2 amide bonds. The molecule has 0 spiro atoms. The number of benzene rings is 1. The lowest BCUT2D eigenvalue weighted by molar-refractivity contribution is 0.252. The number of aryl methyl sites for hydroxylation is 3. The topological polar surface area (TPSA) is 59.0 Å². The highest BCUT2D eigenvalue weighted by atomic mass is 16.2. The number of carbonyl (C=O) groups excluding carboxylic acids is 1. The highest BCUT2D eigenvalue weighted by Crippen LogP contribution is 2.18. The Morgan fingerprint density at radius 1 is 1.30 bits per heavy atom. The van der Waals surface area contributed by atoms with Gasteiger partial charge < -0.3 is 15.2 Å². The van der Waals surface area contributed by atoms with E-state index in [4.69, 9.17) is 0 Å². The van der Waals surface area contributed by atoms with Crippen LogP contribution in [0.4, 0.5) is 10.5 Å². The molecule has 2 aromatic rings. The maximum atomic E-state index is 11.8. The minimum absolute atomic E-state index is 0.159. The van der Waals surface area contributed by atoms with Gasteiger partial charge in [0, 0.05) is 31.2 Å². The molecule has 0 atom stereocenters. The van der Waals surface area contributed by atoms with Crippen LogP contribution in [0.25, 0.3) is 0 Å². The fraction of sp³-hybridized carbons (Fsp3) is 0.333. The van der Waals surface area contributed by atoms with Crippen LogP contribution in [0.1, 0.15) is 17.5 Å². The van der Waals surface area contributed by atoms with Crippen LogP contribution in [0, 0.1) is 13.8 Å². The van der Waals surface area contributed by atoms with Crippen molar-refractivity contribution in [1.29, 1.82) is 0 Å². The van der Waals surface area contributed by atoms with E-state index in [9.17, 15) is 4.79 Å². The first-order chi connectivity index (χ1) is 9.66. The number of rotatable bonds is 5. The summed E-state index contributed by atoms with van der Waals surface area (Å²) in [6.45, 7) is 5.46. The van der Waals surface area contributed by atoms with Crippen molar-refractivity contribution in [1.82, 2.24) is 14.9 Å². The molecule has 0 unspecified atom stereocenters. The molecule has 0 saturated heterocycles. The van der Waals surface area contributed by atoms with Crippen molar-refractivity contribution < 1.29 is 4.79 Å². The third-order valence-electron chi connectivity index (χ3n) is 3.16. The normalized spacial score (nSPS) is 10.3. The van der Waals surface area contributed by atoms with Gasteiger partial charge in [-0.2, -0.15) is 0 Å². The van der Waals surface area contributed by atoms with Crippen LogP contribution in [0.5, 0.6) is 0 Å². The summed E-state index contributed by atoms with van der Waals surface area (Å²) in [7, 11) is 0. The van der Waals surface area contributed by atoms with Crippen LogP contribution in [0.2, 0.25) is 0 Å². The van der Waals surface area contributed by atoms with Gasteiger partial charge in [-0.3, -0.25) is 0 Å². The average molecular weight is 272 g/mol. The second-order valence-corrected chi connectivity index (χ2v) is 4.80. The van der Waals surface area contributed by atoms with Crippen molar-refractivity contribution in [3.05, 3.63) is 48.0 Å². The third kappa shape index (κ3) is 3.85. The van der Waals surface area contributed by atoms with Crippen LogP contribution in [0.15, 0.2) is 36.9 Å². The van der Waals surface area contributed by atoms with Crippen molar-refractivity contribution >= 4 is 11.7 Å². The number of hydrogen-bond acceptors (Lipinski definition) is 2. The Hall–Kier alpha value is -2.30. The van der Waals surface area contributed by atoms with E-state index in [2.05, 4.69) is 15.6 Å². The van der Waals surface area contributed by atoms with Gasteiger partial charge in [0.05, 0.1) is 6.33 Å². The Bertz CT molecular complexity index is 543. The molecule has 2 rings (SSSR count). The predicted octanol–water partition coefficient (Wildman–Crippen LogP) is 2.71. The maximum absolute atomic E-state index is 11.8. The third-order valence-corrected chi connectivity index (χ3v) is 3.16. The number of nitrogens with zero attached hydrogens (tertiary/aromatic N) is 2. The number of imidazole rings is 1. The molecule has 0 aliphatic rings. The van der Waals surface area contributed by atoms with Gasteiger partial charge in [-0.1, -0.05) is 18.2 Å². The fourth-order valence-electron chi connectivity index (χ4n) is 2.05. The summed E-state index contributed by atoms with van der Waals surface area (Å²) in [5.74, 6) is 0. The number of urea groups is 1. The van der Waals surface area contributed by atoms with Gasteiger partial charge in [0.25, 0.3) is 0 Å². The largest absolute Gasteiger partial charge is 0.338 e. The number of aromatic nitrogens is 2. The first-order valence-corrected chi connectivity index (χ1v) is 6.73. The van der Waals surface area contributed by atoms with E-state index in [1.165, 1.54) is 0 Å². The van der Waals surface area contributed by atoms with Crippen molar-refractivity contribution in [2.24, 2.45) is 0 Å². The van der Waals surface area contributed by atoms with E-state index in [1.807, 2.05) is 42.8 Å². The average Bonchev–Trinajstić information content (AvgIpc) is 2.92. The summed E-state index contributed by atoms with van der Waals surface area (Å²) in [5, 5.41) is 5.77. The molecule has 1 aromatic carbocycles. The fourth-order valence-corrected chi connectivity index (χ4v) is 2.05. The zero-order valence-corrected chi connectivity index (χ0v) is 11.9. The summed E-state index contributed by atoms with van der Waals surface area (Å²) < 4.78 is 1.99. The van der Waals surface area contributed by atoms with Gasteiger partial charge in [-0.25, -0.2) is 9.78 Å². The smallest absolute Gasteiger partial charge is 0.319 e. The van der Waals surface area contributed by atoms with Gasteiger partial charge in [-0.05, 0) is 31.4 Å². The van der Waals surface area contributed by atoms with Gasteiger partial charge in [-0.15, -0.1) is 0 Å². The lowest BCUT2D eigenvalue weighted by atomic mass is 10.1. The molecule has 0 bridgehead atoms. The highest BCUT2D eigenvalue weighted by molar-refractivity contribution is 5.90. The Morgan fingerprint density at radius 3 is 2.70 bits per heavy atom. The summed E-state index contributed by atoms with van der Waals surface area (Å²) in [4.78, 5) is 15.8. The van der Waals surface area contributed by atoms with Crippen LogP contribution in [-0.4, -0.2) is 22.1 Å². The van der Waals surface area contributed by atoms with E-state index in [-0.39, 0.29) is 6.03 Å². The number of amides is 2. The molecule has 20 heavy (non-hydrogen) atoms. The number of nitrogens with one attached hydrogen (secondary N) is 2. The Morgan fingerprint density at radius 2 is 2.05 bits per heavy atom. The van der Waals surface area contributed by atoms with Gasteiger partial charge in [0.2, 0.25) is 0 Å². The molecule has 2 N–H and O–H groups in total. The minimum atomic E-state index is -0.159. The molecular formula is C15H20N4O. The summed E-state index contributed by atoms with van der Waals surface area (Å²) >= 11 is 0. The van der Waals surface area contributed by atoms with Crippen molar-refractivity contribution in [3.63, 3.8) is 0 Å². The molecular weight excluding hydrogens is 252 g/mol. The summed E-state index contributed by atoms with van der Waals surface area (Å²) in [5.41, 5.74) is 3.02. The van der Waals surface area contributed by atoms with E-state index < -0.39 is 0 Å². The number of hydrogen-bond donors (Lipinski definition) is 2. The van der Waals surface area contributed by atoms with Crippen LogP contribution < -0.4 is 10.6 Å². The van der Waals surface area contributed by atoms with Crippen molar-refractivity contribution in [3.8, 4) is 0 Å². The zero-order chi connectivity index (χ0) is 14.4. The first kappa shape index (κ1) is 14.1. The van der Waals surface area contributed by atoms with E-state index >= 15 is 0 Å². The van der Waals surface area contributed by atoms with E-state index in [0.717, 1.165) is 29.8 Å². The van der Waals surface area contributed by atoms with Gasteiger partial charge in [0.15, 0.2) is 0 Å². The lowest BCUT2D eigenvalue weighted by Crippen LogP contribution is -2.30. The minimum Gasteiger partial charge on any atom is -0.338 e. The standard InChI is InChI=1S/C15H20N4O/c1-12-5-3-6-13(2)14(12)18-15(20)17-7-4-9-19-10-8-16-11-19/h3,5-6,8,10-11H,4,7,9H2,1-2H3,(H2,17,18,20). The van der Waals surface area contributed by atoms with Gasteiger partial charge in [0.1, 0.15) is 0 Å². The van der Waals surface area contributed by atoms with Crippen molar-refractivity contribution in [2.45, 2.75) is 26.8 Å². The molecule has 1 heterocycles. The van der Waals surface area contributed by atoms with Gasteiger partial charge >= 0.3 is 6.03 Å². The Balaban J connectivity index is 1.75. The summed E-state index contributed by atoms with van der Waals surface area (Å²) in [6, 6.07) is 5.80. The van der Waals surface area contributed by atoms with Crippen LogP contribution >= 0.6 is 0 Å². The molecule has 0 radical (unpaired) electrons. The molecule has 0 fully saturated rings. The first-order valence-electron chi connectivity index (χ1n) is 6.73. The lowest BCUT2D eigenvalue weighted by Gasteiger charge is -2.12. The quantitative estimate of drug-likeness (QED) is 0.822. The summed E-state index contributed by atoms with van der Waals surface area (Å²) in [6.07, 6.45) is 6.31. The second kappa shape index (κ2) is 6.75. The molecule has 0 aliphatic heterocycles. The molecule has 5 heteroatoms.